The normalized spacial score (nSPS) is 11.7. The summed E-state index contributed by atoms with van der Waals surface area (Å²) in [5.74, 6) is -0.252. The van der Waals surface area contributed by atoms with E-state index in [4.69, 9.17) is 32.7 Å². The molecule has 0 aliphatic heterocycles. The zero-order valence-electron chi connectivity index (χ0n) is 24.0. The van der Waals surface area contributed by atoms with Crippen LogP contribution in [0.3, 0.4) is 0 Å². The number of halogens is 2. The summed E-state index contributed by atoms with van der Waals surface area (Å²) in [6.07, 6.45) is 1.55. The number of carbonyl (C=O) groups is 3. The molecule has 4 aromatic rings. The standard InChI is InChI=1S/C33H29Cl2N3O5S/c1-20(31(39)37-27-14-13-23(34)18-26(27)35)44-25-11-7-10-24(19-25)36-33(41)28(38-32(40)22-8-5-4-6-9-22)16-21-12-15-29(42-2)30(17-21)43-3/h4-20H,1-3H3,(H,36,41)(H,37,39)(H,38,40)/b28-16+. The molecule has 11 heteroatoms. The van der Waals surface area contributed by atoms with Crippen LogP contribution in [0.5, 0.6) is 11.5 Å². The van der Waals surface area contributed by atoms with Crippen molar-refractivity contribution in [2.24, 2.45) is 0 Å². The van der Waals surface area contributed by atoms with Gasteiger partial charge < -0.3 is 25.4 Å². The molecule has 0 aromatic heterocycles. The molecule has 1 atom stereocenters. The number of hydrogen-bond acceptors (Lipinski definition) is 6. The monoisotopic (exact) mass is 649 g/mol. The summed E-state index contributed by atoms with van der Waals surface area (Å²) in [7, 11) is 3.04. The highest BCUT2D eigenvalue weighted by Crippen LogP contribution is 2.30. The Hall–Kier alpha value is -4.44. The van der Waals surface area contributed by atoms with E-state index in [1.807, 2.05) is 6.07 Å². The van der Waals surface area contributed by atoms with Gasteiger partial charge in [0, 0.05) is 21.2 Å². The second kappa shape index (κ2) is 15.3. The van der Waals surface area contributed by atoms with Gasteiger partial charge in [0.15, 0.2) is 11.5 Å². The molecule has 3 amide bonds. The Bertz CT molecular complexity index is 1700. The van der Waals surface area contributed by atoms with Crippen molar-refractivity contribution in [3.63, 3.8) is 0 Å². The number of nitrogens with one attached hydrogen (secondary N) is 3. The summed E-state index contributed by atoms with van der Waals surface area (Å²) in [6, 6.07) is 25.6. The van der Waals surface area contributed by atoms with Gasteiger partial charge >= 0.3 is 0 Å². The number of thioether (sulfide) groups is 1. The predicted molar refractivity (Wildman–Crippen MR) is 177 cm³/mol. The van der Waals surface area contributed by atoms with Crippen molar-refractivity contribution < 1.29 is 23.9 Å². The second-order valence-corrected chi connectivity index (χ2v) is 11.6. The minimum atomic E-state index is -0.547. The molecule has 0 aliphatic carbocycles. The lowest BCUT2D eigenvalue weighted by atomic mass is 10.1. The van der Waals surface area contributed by atoms with Gasteiger partial charge in [-0.25, -0.2) is 0 Å². The van der Waals surface area contributed by atoms with Crippen LogP contribution in [0.15, 0.2) is 102 Å². The first kappa shape index (κ1) is 32.5. The maximum atomic E-state index is 13.5. The molecule has 4 aromatic carbocycles. The zero-order chi connectivity index (χ0) is 31.6. The van der Waals surface area contributed by atoms with Gasteiger partial charge in [0.25, 0.3) is 11.8 Å². The molecular formula is C33H29Cl2N3O5S. The van der Waals surface area contributed by atoms with Crippen LogP contribution in [0, 0.1) is 0 Å². The molecule has 44 heavy (non-hydrogen) atoms. The van der Waals surface area contributed by atoms with E-state index in [1.165, 1.54) is 26.0 Å². The topological polar surface area (TPSA) is 106 Å². The molecule has 0 saturated heterocycles. The Morgan fingerprint density at radius 3 is 2.27 bits per heavy atom. The highest BCUT2D eigenvalue weighted by Gasteiger charge is 2.18. The van der Waals surface area contributed by atoms with E-state index in [-0.39, 0.29) is 11.6 Å². The van der Waals surface area contributed by atoms with E-state index in [9.17, 15) is 14.4 Å². The second-order valence-electron chi connectivity index (χ2n) is 9.35. The van der Waals surface area contributed by atoms with Crippen molar-refractivity contribution in [2.45, 2.75) is 17.1 Å². The van der Waals surface area contributed by atoms with Crippen molar-refractivity contribution in [3.05, 3.63) is 118 Å². The molecule has 4 rings (SSSR count). The van der Waals surface area contributed by atoms with Crippen molar-refractivity contribution in [1.82, 2.24) is 5.32 Å². The largest absolute Gasteiger partial charge is 0.493 e. The molecule has 8 nitrogen and oxygen atoms in total. The number of ether oxygens (including phenoxy) is 2. The number of carbonyl (C=O) groups excluding carboxylic acids is 3. The fourth-order valence-corrected chi connectivity index (χ4v) is 5.36. The Morgan fingerprint density at radius 1 is 0.818 bits per heavy atom. The fourth-order valence-electron chi connectivity index (χ4n) is 3.98. The maximum Gasteiger partial charge on any atom is 0.272 e. The van der Waals surface area contributed by atoms with Crippen LogP contribution in [0.2, 0.25) is 10.0 Å². The highest BCUT2D eigenvalue weighted by molar-refractivity contribution is 8.00. The van der Waals surface area contributed by atoms with Crippen molar-refractivity contribution >= 4 is 70.1 Å². The highest BCUT2D eigenvalue weighted by atomic mass is 35.5. The van der Waals surface area contributed by atoms with Gasteiger partial charge in [-0.15, -0.1) is 11.8 Å². The molecule has 1 unspecified atom stereocenters. The Kier molecular flexibility index (Phi) is 11.3. The van der Waals surface area contributed by atoms with Crippen molar-refractivity contribution in [1.29, 1.82) is 0 Å². The smallest absolute Gasteiger partial charge is 0.272 e. The van der Waals surface area contributed by atoms with Crippen LogP contribution in [-0.2, 0) is 9.59 Å². The average molecular weight is 651 g/mol. The van der Waals surface area contributed by atoms with E-state index in [2.05, 4.69) is 16.0 Å². The number of amides is 3. The summed E-state index contributed by atoms with van der Waals surface area (Å²) < 4.78 is 10.7. The Balaban J connectivity index is 1.52. The number of rotatable bonds is 11. The molecule has 0 aliphatic rings. The van der Waals surface area contributed by atoms with E-state index < -0.39 is 17.1 Å². The third kappa shape index (κ3) is 8.79. The first-order chi connectivity index (χ1) is 21.2. The SMILES string of the molecule is COc1ccc(/C=C(/NC(=O)c2ccccc2)C(=O)Nc2cccc(SC(C)C(=O)Nc3ccc(Cl)cc3Cl)c2)cc1OC. The summed E-state index contributed by atoms with van der Waals surface area (Å²) in [4.78, 5) is 40.1. The molecular weight excluding hydrogens is 621 g/mol. The van der Waals surface area contributed by atoms with Crippen LogP contribution >= 0.6 is 35.0 Å². The number of hydrogen-bond donors (Lipinski definition) is 3. The predicted octanol–water partition coefficient (Wildman–Crippen LogP) is 7.54. The lowest BCUT2D eigenvalue weighted by Gasteiger charge is -2.15. The van der Waals surface area contributed by atoms with Crippen molar-refractivity contribution in [3.8, 4) is 11.5 Å². The van der Waals surface area contributed by atoms with Crippen molar-refractivity contribution in [2.75, 3.05) is 24.9 Å². The fraction of sp³-hybridized carbons (Fsp3) is 0.121. The summed E-state index contributed by atoms with van der Waals surface area (Å²) >= 11 is 13.4. The lowest BCUT2D eigenvalue weighted by Crippen LogP contribution is -2.30. The number of methoxy groups -OCH3 is 2. The summed E-state index contributed by atoms with van der Waals surface area (Å²) in [5, 5.41) is 8.69. The van der Waals surface area contributed by atoms with Gasteiger partial charge in [0.2, 0.25) is 5.91 Å². The van der Waals surface area contributed by atoms with Gasteiger partial charge in [0.05, 0.1) is 30.2 Å². The maximum absolute atomic E-state index is 13.5. The first-order valence-electron chi connectivity index (χ1n) is 13.3. The number of benzene rings is 4. The van der Waals surface area contributed by atoms with E-state index in [1.54, 1.807) is 97.9 Å². The van der Waals surface area contributed by atoms with Gasteiger partial charge in [-0.1, -0.05) is 53.5 Å². The summed E-state index contributed by atoms with van der Waals surface area (Å²) in [6.45, 7) is 1.76. The molecule has 0 radical (unpaired) electrons. The van der Waals surface area contributed by atoms with Crippen LogP contribution < -0.4 is 25.4 Å². The molecule has 3 N–H and O–H groups in total. The zero-order valence-corrected chi connectivity index (χ0v) is 26.3. The Labute approximate surface area is 269 Å². The van der Waals surface area contributed by atoms with Crippen LogP contribution in [0.1, 0.15) is 22.8 Å². The minimum Gasteiger partial charge on any atom is -0.493 e. The van der Waals surface area contributed by atoms with Crippen LogP contribution in [-0.4, -0.2) is 37.2 Å². The summed E-state index contributed by atoms with van der Waals surface area (Å²) in [5.41, 5.74) is 1.94. The van der Waals surface area contributed by atoms with Crippen LogP contribution in [0.4, 0.5) is 11.4 Å². The quantitative estimate of drug-likeness (QED) is 0.114. The van der Waals surface area contributed by atoms with E-state index in [0.29, 0.717) is 44.0 Å². The van der Waals surface area contributed by atoms with Gasteiger partial charge in [-0.2, -0.15) is 0 Å². The lowest BCUT2D eigenvalue weighted by molar-refractivity contribution is -0.115. The van der Waals surface area contributed by atoms with Gasteiger partial charge in [-0.3, -0.25) is 14.4 Å². The minimum absolute atomic E-state index is 0.0109. The third-order valence-electron chi connectivity index (χ3n) is 6.21. The molecule has 0 spiro atoms. The number of anilines is 2. The molecule has 0 bridgehead atoms. The molecule has 0 saturated carbocycles. The van der Waals surface area contributed by atoms with Gasteiger partial charge in [-0.05, 0) is 79.2 Å². The molecule has 0 fully saturated rings. The Morgan fingerprint density at radius 2 is 1.57 bits per heavy atom. The molecule has 226 valence electrons. The third-order valence-corrected chi connectivity index (χ3v) is 7.85. The van der Waals surface area contributed by atoms with Crippen LogP contribution in [0.25, 0.3) is 6.08 Å². The first-order valence-corrected chi connectivity index (χ1v) is 14.9. The van der Waals surface area contributed by atoms with E-state index >= 15 is 0 Å². The van der Waals surface area contributed by atoms with Gasteiger partial charge in [0.1, 0.15) is 5.70 Å². The average Bonchev–Trinajstić information content (AvgIpc) is 3.02. The van der Waals surface area contributed by atoms with E-state index in [0.717, 1.165) is 4.90 Å². The molecule has 0 heterocycles.